The van der Waals surface area contributed by atoms with Gasteiger partial charge in [0, 0.05) is 48.2 Å². The molecule has 0 aliphatic carbocycles. The van der Waals surface area contributed by atoms with E-state index >= 15 is 0 Å². The molecule has 1 saturated heterocycles. The predicted molar refractivity (Wildman–Crippen MR) is 95.8 cm³/mol. The first-order valence-corrected chi connectivity index (χ1v) is 8.85. The summed E-state index contributed by atoms with van der Waals surface area (Å²) in [6.45, 7) is 13.0. The van der Waals surface area contributed by atoms with E-state index in [0.717, 1.165) is 25.3 Å². The highest BCUT2D eigenvalue weighted by atomic mass is 19.1. The van der Waals surface area contributed by atoms with Crippen LogP contribution in [-0.2, 0) is 5.41 Å². The summed E-state index contributed by atoms with van der Waals surface area (Å²) in [4.78, 5) is 2.20. The Morgan fingerprint density at radius 2 is 1.88 bits per heavy atom. The summed E-state index contributed by atoms with van der Waals surface area (Å²) in [6.07, 6.45) is 1.04. The van der Waals surface area contributed by atoms with Gasteiger partial charge in [-0.25, -0.2) is 4.39 Å². The molecule has 2 aromatic heterocycles. The van der Waals surface area contributed by atoms with Crippen LogP contribution in [0.15, 0.2) is 18.2 Å². The van der Waals surface area contributed by atoms with Crippen LogP contribution in [0.4, 0.5) is 4.39 Å². The van der Waals surface area contributed by atoms with Gasteiger partial charge in [-0.05, 0) is 32.4 Å². The quantitative estimate of drug-likeness (QED) is 0.851. The Morgan fingerprint density at radius 3 is 2.46 bits per heavy atom. The van der Waals surface area contributed by atoms with Crippen molar-refractivity contribution >= 4 is 0 Å². The normalized spacial score (nSPS) is 19.3. The average molecular weight is 332 g/mol. The molecule has 3 heterocycles. The molecule has 24 heavy (non-hydrogen) atoms. The molecule has 5 heteroatoms. The number of aryl methyl sites for hydroxylation is 2. The van der Waals surface area contributed by atoms with Gasteiger partial charge < -0.3 is 4.57 Å². The predicted octanol–water partition coefficient (Wildman–Crippen LogP) is 3.80. The summed E-state index contributed by atoms with van der Waals surface area (Å²) in [6, 6.07) is 6.81. The van der Waals surface area contributed by atoms with Crippen molar-refractivity contribution in [3.8, 4) is 5.82 Å². The van der Waals surface area contributed by atoms with Gasteiger partial charge in [0.05, 0.1) is 6.04 Å². The topological polar surface area (TPSA) is 26.0 Å². The summed E-state index contributed by atoms with van der Waals surface area (Å²) in [5.41, 5.74) is 3.66. The minimum atomic E-state index is -0.273. The zero-order valence-electron chi connectivity index (χ0n) is 15.5. The van der Waals surface area contributed by atoms with Crippen LogP contribution < -0.4 is 0 Å². The van der Waals surface area contributed by atoms with E-state index in [1.807, 2.05) is 0 Å². The lowest BCUT2D eigenvalue weighted by molar-refractivity contribution is 0.282. The van der Waals surface area contributed by atoms with Crippen LogP contribution in [0.25, 0.3) is 5.82 Å². The highest BCUT2D eigenvalue weighted by Crippen LogP contribution is 2.31. The zero-order chi connectivity index (χ0) is 17.5. The Balaban J connectivity index is 2.00. The van der Waals surface area contributed by atoms with Crippen molar-refractivity contribution in [3.63, 3.8) is 0 Å². The molecule has 0 radical (unpaired) electrons. The van der Waals surface area contributed by atoms with E-state index in [0.29, 0.717) is 12.6 Å². The molecule has 1 fully saturated rings. The maximum atomic E-state index is 12.7. The van der Waals surface area contributed by atoms with Gasteiger partial charge in [-0.2, -0.15) is 5.10 Å². The Kier molecular flexibility index (Phi) is 4.56. The highest BCUT2D eigenvalue weighted by molar-refractivity contribution is 5.35. The van der Waals surface area contributed by atoms with Crippen LogP contribution >= 0.6 is 0 Å². The second-order valence-corrected chi connectivity index (χ2v) is 7.97. The SMILES string of the molecule is Cc1ccc(C)n1-c1cc(C(C)(C)C)n(C2CCN(CCF)C2)n1. The van der Waals surface area contributed by atoms with E-state index in [4.69, 9.17) is 5.10 Å². The van der Waals surface area contributed by atoms with E-state index in [-0.39, 0.29) is 12.1 Å². The Morgan fingerprint density at radius 1 is 1.21 bits per heavy atom. The second kappa shape index (κ2) is 6.36. The number of hydrogen-bond acceptors (Lipinski definition) is 2. The van der Waals surface area contributed by atoms with E-state index in [9.17, 15) is 4.39 Å². The van der Waals surface area contributed by atoms with Crippen LogP contribution in [0.1, 0.15) is 50.3 Å². The molecule has 0 N–H and O–H groups in total. The van der Waals surface area contributed by atoms with Crippen molar-refractivity contribution in [3.05, 3.63) is 35.3 Å². The van der Waals surface area contributed by atoms with Crippen molar-refractivity contribution in [1.82, 2.24) is 19.2 Å². The summed E-state index contributed by atoms with van der Waals surface area (Å²) in [5, 5.41) is 4.98. The smallest absolute Gasteiger partial charge is 0.159 e. The lowest BCUT2D eigenvalue weighted by atomic mass is 9.91. The first kappa shape index (κ1) is 17.2. The standard InChI is InChI=1S/C19H29FN4/c1-14-6-7-15(2)23(14)18-12-17(19(3,4)5)24(21-18)16-8-10-22(13-16)11-9-20/h6-7,12,16H,8-11,13H2,1-5H3. The molecule has 1 aliphatic rings. The highest BCUT2D eigenvalue weighted by Gasteiger charge is 2.30. The fraction of sp³-hybridized carbons (Fsp3) is 0.632. The lowest BCUT2D eigenvalue weighted by Gasteiger charge is -2.23. The van der Waals surface area contributed by atoms with E-state index in [2.05, 4.69) is 67.0 Å². The first-order chi connectivity index (χ1) is 11.3. The number of aromatic nitrogens is 3. The van der Waals surface area contributed by atoms with Crippen LogP contribution in [0.3, 0.4) is 0 Å². The van der Waals surface area contributed by atoms with Crippen LogP contribution in [0.2, 0.25) is 0 Å². The summed E-state index contributed by atoms with van der Waals surface area (Å²) in [5.74, 6) is 0.990. The molecular formula is C19H29FN4. The van der Waals surface area contributed by atoms with Crippen molar-refractivity contribution in [2.75, 3.05) is 26.3 Å². The fourth-order valence-corrected chi connectivity index (χ4v) is 3.69. The van der Waals surface area contributed by atoms with E-state index in [1.165, 1.54) is 17.1 Å². The second-order valence-electron chi connectivity index (χ2n) is 7.97. The molecule has 0 saturated carbocycles. The molecular weight excluding hydrogens is 303 g/mol. The van der Waals surface area contributed by atoms with E-state index < -0.39 is 0 Å². The molecule has 2 aromatic rings. The van der Waals surface area contributed by atoms with Crippen LogP contribution in [-0.4, -0.2) is 45.6 Å². The number of hydrogen-bond donors (Lipinski definition) is 0. The summed E-state index contributed by atoms with van der Waals surface area (Å²) >= 11 is 0. The molecule has 0 bridgehead atoms. The maximum Gasteiger partial charge on any atom is 0.159 e. The van der Waals surface area contributed by atoms with Gasteiger partial charge in [-0.3, -0.25) is 9.58 Å². The van der Waals surface area contributed by atoms with Gasteiger partial charge in [0.15, 0.2) is 5.82 Å². The number of nitrogens with zero attached hydrogens (tertiary/aromatic N) is 4. The largest absolute Gasteiger partial charge is 0.302 e. The van der Waals surface area contributed by atoms with Crippen LogP contribution in [0.5, 0.6) is 0 Å². The third kappa shape index (κ3) is 3.14. The number of alkyl halides is 1. The molecule has 1 aliphatic heterocycles. The lowest BCUT2D eigenvalue weighted by Crippen LogP contribution is -2.26. The van der Waals surface area contributed by atoms with Crippen molar-refractivity contribution in [2.24, 2.45) is 0 Å². The van der Waals surface area contributed by atoms with E-state index in [1.54, 1.807) is 0 Å². The molecule has 3 rings (SSSR count). The minimum absolute atomic E-state index is 0.0215. The first-order valence-electron chi connectivity index (χ1n) is 8.85. The molecule has 4 nitrogen and oxygen atoms in total. The molecule has 0 aromatic carbocycles. The van der Waals surface area contributed by atoms with Gasteiger partial charge in [0.25, 0.3) is 0 Å². The molecule has 0 amide bonds. The van der Waals surface area contributed by atoms with Crippen molar-refractivity contribution in [2.45, 2.75) is 52.5 Å². The summed E-state index contributed by atoms with van der Waals surface area (Å²) < 4.78 is 17.1. The minimum Gasteiger partial charge on any atom is -0.302 e. The number of rotatable bonds is 4. The Hall–Kier alpha value is -1.62. The third-order valence-electron chi connectivity index (χ3n) is 4.99. The summed E-state index contributed by atoms with van der Waals surface area (Å²) in [7, 11) is 0. The van der Waals surface area contributed by atoms with Gasteiger partial charge in [0.1, 0.15) is 6.67 Å². The third-order valence-corrected chi connectivity index (χ3v) is 4.99. The van der Waals surface area contributed by atoms with Gasteiger partial charge in [0.2, 0.25) is 0 Å². The molecule has 132 valence electrons. The molecule has 1 atom stereocenters. The number of halogens is 1. The Labute approximate surface area is 144 Å². The van der Waals surface area contributed by atoms with Gasteiger partial charge >= 0.3 is 0 Å². The monoisotopic (exact) mass is 332 g/mol. The van der Waals surface area contributed by atoms with Gasteiger partial charge in [-0.15, -0.1) is 0 Å². The zero-order valence-corrected chi connectivity index (χ0v) is 15.5. The average Bonchev–Trinajstić information content (AvgIpc) is 3.17. The molecule has 0 spiro atoms. The van der Waals surface area contributed by atoms with Crippen LogP contribution in [0, 0.1) is 13.8 Å². The van der Waals surface area contributed by atoms with Gasteiger partial charge in [-0.1, -0.05) is 20.8 Å². The maximum absolute atomic E-state index is 12.7. The van der Waals surface area contributed by atoms with Crippen molar-refractivity contribution in [1.29, 1.82) is 0 Å². The fourth-order valence-electron chi connectivity index (χ4n) is 3.69. The van der Waals surface area contributed by atoms with Crippen molar-refractivity contribution < 1.29 is 4.39 Å². The Bertz CT molecular complexity index is 688. The number of likely N-dealkylation sites (tertiary alicyclic amines) is 1. The molecule has 1 unspecified atom stereocenters.